The number of anilines is 1. The van der Waals surface area contributed by atoms with Crippen LogP contribution >= 0.6 is 0 Å². The molecule has 0 bridgehead atoms. The first-order valence-corrected chi connectivity index (χ1v) is 9.64. The van der Waals surface area contributed by atoms with E-state index in [1.54, 1.807) is 6.33 Å². The van der Waals surface area contributed by atoms with Gasteiger partial charge in [0.25, 0.3) is 0 Å². The van der Waals surface area contributed by atoms with Gasteiger partial charge in [-0.15, -0.1) is 5.10 Å². The third-order valence-corrected chi connectivity index (χ3v) is 5.48. The molecule has 0 radical (unpaired) electrons. The lowest BCUT2D eigenvalue weighted by atomic mass is 9.93. The monoisotopic (exact) mass is 340 g/mol. The van der Waals surface area contributed by atoms with Gasteiger partial charge in [0.15, 0.2) is 0 Å². The molecule has 4 rings (SSSR count). The lowest BCUT2D eigenvalue weighted by Gasteiger charge is -2.32. The fraction of sp³-hybridized carbons (Fsp3) is 0.632. The Labute approximate surface area is 149 Å². The van der Waals surface area contributed by atoms with Crippen molar-refractivity contribution in [2.75, 3.05) is 18.4 Å². The number of likely N-dealkylation sites (tertiary alicyclic amines) is 1. The summed E-state index contributed by atoms with van der Waals surface area (Å²) in [4.78, 5) is 9.83. The third-order valence-electron chi connectivity index (χ3n) is 5.48. The molecule has 6 heteroatoms. The Morgan fingerprint density at radius 2 is 2.04 bits per heavy atom. The molecule has 2 N–H and O–H groups in total. The zero-order valence-corrected chi connectivity index (χ0v) is 14.8. The molecule has 0 aromatic carbocycles. The van der Waals surface area contributed by atoms with Gasteiger partial charge in [0.2, 0.25) is 0 Å². The van der Waals surface area contributed by atoms with Crippen molar-refractivity contribution >= 4 is 5.82 Å². The number of aromatic nitrogens is 4. The van der Waals surface area contributed by atoms with E-state index in [4.69, 9.17) is 0 Å². The first-order chi connectivity index (χ1) is 12.3. The van der Waals surface area contributed by atoms with Crippen molar-refractivity contribution in [1.29, 1.82) is 0 Å². The van der Waals surface area contributed by atoms with E-state index in [-0.39, 0.29) is 0 Å². The lowest BCUT2D eigenvalue weighted by molar-refractivity contribution is 0.165. The standard InChI is InChI=1S/C19H28N6/c1-2-6-16(5-1)22-19-8-7-17(23-24-19)10-15-4-3-9-25(12-15)13-18-11-20-14-21-18/h7-8,11,14-16H,1-6,9-10,12-13H2,(H,20,21)(H,22,24)/t15-/m1/s1. The topological polar surface area (TPSA) is 69.7 Å². The quantitative estimate of drug-likeness (QED) is 0.846. The van der Waals surface area contributed by atoms with E-state index in [2.05, 4.69) is 42.5 Å². The largest absolute Gasteiger partial charge is 0.366 e. The molecule has 1 saturated carbocycles. The Morgan fingerprint density at radius 3 is 2.80 bits per heavy atom. The minimum absolute atomic E-state index is 0.592. The molecule has 3 heterocycles. The summed E-state index contributed by atoms with van der Waals surface area (Å²) < 4.78 is 0. The highest BCUT2D eigenvalue weighted by atomic mass is 15.2. The van der Waals surface area contributed by atoms with Gasteiger partial charge in [-0.1, -0.05) is 12.8 Å². The highest BCUT2D eigenvalue weighted by Crippen LogP contribution is 2.23. The number of imidazole rings is 1. The van der Waals surface area contributed by atoms with Gasteiger partial charge in [0.1, 0.15) is 5.82 Å². The van der Waals surface area contributed by atoms with Crippen LogP contribution in [0.4, 0.5) is 5.82 Å². The number of nitrogens with one attached hydrogen (secondary N) is 2. The molecule has 2 aromatic heterocycles. The second-order valence-corrected chi connectivity index (χ2v) is 7.56. The van der Waals surface area contributed by atoms with Crippen LogP contribution in [-0.4, -0.2) is 44.2 Å². The van der Waals surface area contributed by atoms with Crippen LogP contribution in [0, 0.1) is 5.92 Å². The Bertz CT molecular complexity index is 632. The molecule has 2 fully saturated rings. The normalized spacial score (nSPS) is 22.3. The maximum Gasteiger partial charge on any atom is 0.148 e. The molecule has 25 heavy (non-hydrogen) atoms. The van der Waals surface area contributed by atoms with E-state index >= 15 is 0 Å². The Hall–Kier alpha value is -1.95. The van der Waals surface area contributed by atoms with Crippen LogP contribution < -0.4 is 5.32 Å². The van der Waals surface area contributed by atoms with Crippen molar-refractivity contribution in [2.24, 2.45) is 5.92 Å². The molecular weight excluding hydrogens is 312 g/mol. The van der Waals surface area contributed by atoms with Crippen molar-refractivity contribution in [3.8, 4) is 0 Å². The van der Waals surface area contributed by atoms with Crippen molar-refractivity contribution < 1.29 is 0 Å². The number of aromatic amines is 1. The first kappa shape index (κ1) is 16.5. The molecule has 0 unspecified atom stereocenters. The van der Waals surface area contributed by atoms with Crippen LogP contribution in [0.15, 0.2) is 24.7 Å². The van der Waals surface area contributed by atoms with Crippen LogP contribution in [0.3, 0.4) is 0 Å². The van der Waals surface area contributed by atoms with Gasteiger partial charge in [-0.05, 0) is 56.7 Å². The van der Waals surface area contributed by atoms with Gasteiger partial charge in [-0.25, -0.2) is 4.98 Å². The van der Waals surface area contributed by atoms with Gasteiger partial charge < -0.3 is 10.3 Å². The average Bonchev–Trinajstić information content (AvgIpc) is 3.31. The van der Waals surface area contributed by atoms with Crippen LogP contribution in [0.2, 0.25) is 0 Å². The second-order valence-electron chi connectivity index (χ2n) is 7.56. The summed E-state index contributed by atoms with van der Waals surface area (Å²) in [5.74, 6) is 1.60. The second kappa shape index (κ2) is 7.95. The summed E-state index contributed by atoms with van der Waals surface area (Å²) in [6.45, 7) is 3.26. The Kier molecular flexibility index (Phi) is 5.25. The molecule has 134 valence electrons. The van der Waals surface area contributed by atoms with Gasteiger partial charge in [0, 0.05) is 31.0 Å². The maximum absolute atomic E-state index is 4.47. The number of hydrogen-bond donors (Lipinski definition) is 2. The summed E-state index contributed by atoms with van der Waals surface area (Å²) in [7, 11) is 0. The predicted octanol–water partition coefficient (Wildman–Crippen LogP) is 3.01. The number of nitrogens with zero attached hydrogens (tertiary/aromatic N) is 4. The molecule has 6 nitrogen and oxygen atoms in total. The summed E-state index contributed by atoms with van der Waals surface area (Å²) in [6, 6.07) is 4.85. The van der Waals surface area contributed by atoms with E-state index in [0.29, 0.717) is 12.0 Å². The number of rotatable bonds is 6. The molecular formula is C19H28N6. The van der Waals surface area contributed by atoms with E-state index < -0.39 is 0 Å². The smallest absolute Gasteiger partial charge is 0.148 e. The van der Waals surface area contributed by atoms with E-state index in [1.807, 2.05) is 6.20 Å². The van der Waals surface area contributed by atoms with Crippen molar-refractivity contribution in [2.45, 2.75) is 57.5 Å². The minimum atomic E-state index is 0.592. The Balaban J connectivity index is 1.28. The van der Waals surface area contributed by atoms with E-state index in [0.717, 1.165) is 31.0 Å². The fourth-order valence-corrected chi connectivity index (χ4v) is 4.19. The number of piperidine rings is 1. The highest BCUT2D eigenvalue weighted by Gasteiger charge is 2.21. The van der Waals surface area contributed by atoms with Crippen molar-refractivity contribution in [3.05, 3.63) is 36.0 Å². The van der Waals surface area contributed by atoms with Crippen LogP contribution in [0.25, 0.3) is 0 Å². The van der Waals surface area contributed by atoms with E-state index in [9.17, 15) is 0 Å². The minimum Gasteiger partial charge on any atom is -0.366 e. The Morgan fingerprint density at radius 1 is 1.12 bits per heavy atom. The van der Waals surface area contributed by atoms with Crippen LogP contribution in [-0.2, 0) is 13.0 Å². The molecule has 1 aliphatic carbocycles. The fourth-order valence-electron chi connectivity index (χ4n) is 4.19. The van der Waals surface area contributed by atoms with Gasteiger partial charge in [0.05, 0.1) is 12.0 Å². The van der Waals surface area contributed by atoms with E-state index in [1.165, 1.54) is 50.8 Å². The van der Waals surface area contributed by atoms with Crippen LogP contribution in [0.1, 0.15) is 49.9 Å². The average molecular weight is 340 g/mol. The lowest BCUT2D eigenvalue weighted by Crippen LogP contribution is -2.36. The molecule has 0 spiro atoms. The van der Waals surface area contributed by atoms with Gasteiger partial charge in [-0.2, -0.15) is 5.10 Å². The molecule has 2 aliphatic rings. The highest BCUT2D eigenvalue weighted by molar-refractivity contribution is 5.34. The number of hydrogen-bond acceptors (Lipinski definition) is 5. The molecule has 2 aromatic rings. The van der Waals surface area contributed by atoms with Gasteiger partial charge in [-0.3, -0.25) is 4.90 Å². The molecule has 1 atom stereocenters. The van der Waals surface area contributed by atoms with Crippen molar-refractivity contribution in [1.82, 2.24) is 25.1 Å². The zero-order valence-electron chi connectivity index (χ0n) is 14.8. The zero-order chi connectivity index (χ0) is 16.9. The summed E-state index contributed by atoms with van der Waals surface area (Å²) in [6.07, 6.45) is 12.4. The maximum atomic E-state index is 4.47. The SMILES string of the molecule is c1ncc(CN2CCC[C@H](Cc3ccc(NC4CCCC4)nn3)C2)[nH]1. The summed E-state index contributed by atoms with van der Waals surface area (Å²) >= 11 is 0. The number of H-pyrrole nitrogens is 1. The molecule has 1 aliphatic heterocycles. The third kappa shape index (κ3) is 4.57. The molecule has 0 amide bonds. The van der Waals surface area contributed by atoms with Crippen molar-refractivity contribution in [3.63, 3.8) is 0 Å². The van der Waals surface area contributed by atoms with Crippen LogP contribution in [0.5, 0.6) is 0 Å². The first-order valence-electron chi connectivity index (χ1n) is 9.64. The molecule has 1 saturated heterocycles. The van der Waals surface area contributed by atoms with Gasteiger partial charge >= 0.3 is 0 Å². The predicted molar refractivity (Wildman–Crippen MR) is 98.2 cm³/mol. The summed E-state index contributed by atoms with van der Waals surface area (Å²) in [5.41, 5.74) is 2.31. The summed E-state index contributed by atoms with van der Waals surface area (Å²) in [5, 5.41) is 12.4.